The zero-order valence-corrected chi connectivity index (χ0v) is 26.3. The van der Waals surface area contributed by atoms with Gasteiger partial charge in [-0.3, -0.25) is 4.79 Å². The van der Waals surface area contributed by atoms with Crippen molar-refractivity contribution in [3.05, 3.63) is 112 Å². The maximum absolute atomic E-state index is 10.5. The van der Waals surface area contributed by atoms with Crippen LogP contribution < -0.4 is 0 Å². The van der Waals surface area contributed by atoms with Crippen molar-refractivity contribution in [3.63, 3.8) is 0 Å². The Kier molecular flexibility index (Phi) is 10.5. The maximum Gasteiger partial charge on any atom is 0.303 e. The van der Waals surface area contributed by atoms with E-state index < -0.39 is 11.6 Å². The highest BCUT2D eigenvalue weighted by Crippen LogP contribution is 2.49. The third kappa shape index (κ3) is 8.94. The Morgan fingerprint density at radius 1 is 1.02 bits per heavy atom. The lowest BCUT2D eigenvalue weighted by Gasteiger charge is -2.21. The fraction of sp³-hybridized carbons (Fsp3) is 0.333. The minimum absolute atomic E-state index is 0.0783. The number of carbonyl (C=O) groups is 1. The van der Waals surface area contributed by atoms with E-state index in [-0.39, 0.29) is 5.41 Å². The van der Waals surface area contributed by atoms with E-state index in [1.807, 2.05) is 56.3 Å². The Hall–Kier alpha value is -3.12. The van der Waals surface area contributed by atoms with E-state index in [0.717, 1.165) is 60.0 Å². The highest BCUT2D eigenvalue weighted by molar-refractivity contribution is 7.80. The largest absolute Gasteiger partial charge is 0.481 e. The predicted octanol–water partition coefficient (Wildman–Crippen LogP) is 9.02. The van der Waals surface area contributed by atoms with Gasteiger partial charge in [-0.2, -0.15) is 12.6 Å². The SMILES string of the molecule is C/C(=C\c1ccc2ccc(Cl)cc2n1)c1cccc(CCCc2ccccc2C(C)(C)O)c1.O=C(O)CC1(CS)CC1. The number of carboxylic acids is 1. The van der Waals surface area contributed by atoms with Crippen LogP contribution in [0.25, 0.3) is 22.6 Å². The second-order valence-corrected chi connectivity index (χ2v) is 12.7. The number of aliphatic carboxylic acids is 1. The number of rotatable bonds is 10. The van der Waals surface area contributed by atoms with E-state index in [0.29, 0.717) is 11.4 Å². The van der Waals surface area contributed by atoms with E-state index in [4.69, 9.17) is 21.7 Å². The number of nitrogens with zero attached hydrogens (tertiary/aromatic N) is 1. The number of hydrogen-bond donors (Lipinski definition) is 3. The number of hydrogen-bond acceptors (Lipinski definition) is 4. The molecule has 1 aliphatic carbocycles. The van der Waals surface area contributed by atoms with Crippen molar-refractivity contribution in [2.24, 2.45) is 5.41 Å². The Labute approximate surface area is 259 Å². The second kappa shape index (κ2) is 13.9. The quantitative estimate of drug-likeness (QED) is 0.159. The number of benzene rings is 3. The van der Waals surface area contributed by atoms with Crippen molar-refractivity contribution < 1.29 is 15.0 Å². The summed E-state index contributed by atoms with van der Waals surface area (Å²) < 4.78 is 0. The van der Waals surface area contributed by atoms with Gasteiger partial charge in [-0.1, -0.05) is 72.3 Å². The Bertz CT molecular complexity index is 1570. The number of pyridine rings is 1. The van der Waals surface area contributed by atoms with E-state index in [1.54, 1.807) is 0 Å². The first kappa shape index (κ1) is 31.8. The van der Waals surface area contributed by atoms with Crippen molar-refractivity contribution in [2.45, 2.75) is 64.9 Å². The minimum Gasteiger partial charge on any atom is -0.481 e. The molecule has 0 radical (unpaired) electrons. The molecule has 2 N–H and O–H groups in total. The standard InChI is InChI=1S/C30H30ClNO.C6H10O2S/c1-21(18-27-17-15-24-14-16-26(31)20-29(24)32-27)25-12-7-9-22(19-25)8-6-11-23-10-4-5-13-28(23)30(2,3)33;7-5(8)3-6(4-9)1-2-6/h4-5,7,9-10,12-20,33H,6,8,11H2,1-3H3;9H,1-4H2,(H,7,8)/b21-18+;. The van der Waals surface area contributed by atoms with Crippen molar-refractivity contribution >= 4 is 52.8 Å². The molecule has 42 heavy (non-hydrogen) atoms. The molecule has 6 heteroatoms. The number of allylic oxidation sites excluding steroid dienone is 1. The molecular formula is C36H40ClNO3S. The first-order valence-electron chi connectivity index (χ1n) is 14.5. The summed E-state index contributed by atoms with van der Waals surface area (Å²) in [5.41, 5.74) is 7.03. The molecule has 1 saturated carbocycles. The zero-order chi connectivity index (χ0) is 30.3. The molecule has 1 aliphatic rings. The van der Waals surface area contributed by atoms with Crippen molar-refractivity contribution in [1.29, 1.82) is 0 Å². The van der Waals surface area contributed by atoms with Crippen LogP contribution in [0, 0.1) is 5.41 Å². The van der Waals surface area contributed by atoms with Gasteiger partial charge in [0, 0.05) is 10.4 Å². The molecule has 0 bridgehead atoms. The molecule has 0 atom stereocenters. The third-order valence-electron chi connectivity index (χ3n) is 7.83. The summed E-state index contributed by atoms with van der Waals surface area (Å²) in [6, 6.07) is 26.8. The smallest absolute Gasteiger partial charge is 0.303 e. The summed E-state index contributed by atoms with van der Waals surface area (Å²) in [5.74, 6) is 0.0285. The van der Waals surface area contributed by atoms with Crippen LogP contribution in [-0.2, 0) is 23.2 Å². The van der Waals surface area contributed by atoms with Gasteiger partial charge in [0.15, 0.2) is 0 Å². The van der Waals surface area contributed by atoms with Crippen LogP contribution in [0.5, 0.6) is 0 Å². The number of aromatic nitrogens is 1. The highest BCUT2D eigenvalue weighted by atomic mass is 35.5. The average molecular weight is 602 g/mol. The molecule has 1 aromatic heterocycles. The number of fused-ring (bicyclic) bond motifs is 1. The van der Waals surface area contributed by atoms with E-state index in [1.165, 1.54) is 22.3 Å². The number of aliphatic hydroxyl groups is 1. The van der Waals surface area contributed by atoms with E-state index >= 15 is 0 Å². The van der Waals surface area contributed by atoms with Gasteiger partial charge < -0.3 is 10.2 Å². The Balaban J connectivity index is 0.000000385. The second-order valence-electron chi connectivity index (χ2n) is 11.9. The maximum atomic E-state index is 10.5. The van der Waals surface area contributed by atoms with Crippen molar-refractivity contribution in [3.8, 4) is 0 Å². The van der Waals surface area contributed by atoms with Crippen LogP contribution in [0.3, 0.4) is 0 Å². The van der Waals surface area contributed by atoms with Crippen LogP contribution in [-0.4, -0.2) is 26.9 Å². The molecule has 3 aromatic carbocycles. The summed E-state index contributed by atoms with van der Waals surface area (Å²) in [7, 11) is 0. The predicted molar refractivity (Wildman–Crippen MR) is 178 cm³/mol. The molecule has 0 amide bonds. The van der Waals surface area contributed by atoms with E-state index in [2.05, 4.69) is 62.0 Å². The molecule has 4 aromatic rings. The normalized spacial score (nSPS) is 14.3. The summed E-state index contributed by atoms with van der Waals surface area (Å²) >= 11 is 10.2. The van der Waals surface area contributed by atoms with Crippen LogP contribution in [0.15, 0.2) is 78.9 Å². The molecule has 0 saturated heterocycles. The lowest BCUT2D eigenvalue weighted by molar-refractivity contribution is -0.138. The fourth-order valence-corrected chi connectivity index (χ4v) is 5.76. The first-order chi connectivity index (χ1) is 20.0. The molecule has 0 spiro atoms. The molecule has 0 aliphatic heterocycles. The summed E-state index contributed by atoms with van der Waals surface area (Å²) in [6.45, 7) is 5.83. The van der Waals surface area contributed by atoms with Crippen molar-refractivity contribution in [1.82, 2.24) is 4.98 Å². The van der Waals surface area contributed by atoms with Gasteiger partial charge in [-0.25, -0.2) is 4.98 Å². The van der Waals surface area contributed by atoms with Gasteiger partial charge in [-0.05, 0) is 116 Å². The minimum atomic E-state index is -0.819. The highest BCUT2D eigenvalue weighted by Gasteiger charge is 2.42. The van der Waals surface area contributed by atoms with Gasteiger partial charge in [0.25, 0.3) is 0 Å². The number of carboxylic acid groups (broad SMARTS) is 1. The molecule has 4 nitrogen and oxygen atoms in total. The van der Waals surface area contributed by atoms with Crippen LogP contribution in [0.2, 0.25) is 5.02 Å². The van der Waals surface area contributed by atoms with E-state index in [9.17, 15) is 9.90 Å². The van der Waals surface area contributed by atoms with Crippen LogP contribution in [0.1, 0.15) is 74.4 Å². The molecule has 1 fully saturated rings. The summed E-state index contributed by atoms with van der Waals surface area (Å²) in [4.78, 5) is 14.9. The molecule has 1 heterocycles. The van der Waals surface area contributed by atoms with Crippen LogP contribution >= 0.6 is 24.2 Å². The summed E-state index contributed by atoms with van der Waals surface area (Å²) in [5, 5.41) is 20.6. The molecule has 220 valence electrons. The van der Waals surface area contributed by atoms with Crippen LogP contribution in [0.4, 0.5) is 0 Å². The third-order valence-corrected chi connectivity index (χ3v) is 8.74. The lowest BCUT2D eigenvalue weighted by Crippen LogP contribution is -2.18. The van der Waals surface area contributed by atoms with Gasteiger partial charge in [0.05, 0.1) is 23.2 Å². The Morgan fingerprint density at radius 2 is 1.76 bits per heavy atom. The zero-order valence-electron chi connectivity index (χ0n) is 24.6. The number of halogens is 1. The molecule has 5 rings (SSSR count). The van der Waals surface area contributed by atoms with Gasteiger partial charge in [0.1, 0.15) is 0 Å². The molecule has 0 unspecified atom stereocenters. The fourth-order valence-electron chi connectivity index (χ4n) is 5.17. The monoisotopic (exact) mass is 601 g/mol. The van der Waals surface area contributed by atoms with Crippen molar-refractivity contribution in [2.75, 3.05) is 5.75 Å². The molecular weight excluding hydrogens is 562 g/mol. The lowest BCUT2D eigenvalue weighted by atomic mass is 9.90. The topological polar surface area (TPSA) is 70.4 Å². The number of aryl methyl sites for hydroxylation is 2. The van der Waals surface area contributed by atoms with Gasteiger partial charge >= 0.3 is 5.97 Å². The van der Waals surface area contributed by atoms with Gasteiger partial charge in [0.2, 0.25) is 0 Å². The van der Waals surface area contributed by atoms with Gasteiger partial charge in [-0.15, -0.1) is 0 Å². The first-order valence-corrected chi connectivity index (χ1v) is 15.5. The summed E-state index contributed by atoms with van der Waals surface area (Å²) in [6.07, 6.45) is 7.49. The number of thiol groups is 1. The average Bonchev–Trinajstić information content (AvgIpc) is 3.72. The Morgan fingerprint density at radius 3 is 2.43 bits per heavy atom.